The van der Waals surface area contributed by atoms with E-state index < -0.39 is 6.10 Å². The van der Waals surface area contributed by atoms with E-state index in [4.69, 9.17) is 4.74 Å². The summed E-state index contributed by atoms with van der Waals surface area (Å²) in [6.45, 7) is 11.0. The predicted octanol–water partition coefficient (Wildman–Crippen LogP) is 1.89. The van der Waals surface area contributed by atoms with Gasteiger partial charge in [0.15, 0.2) is 0 Å². The highest BCUT2D eigenvalue weighted by Crippen LogP contribution is 2.31. The number of ether oxygens (including phenoxy) is 1. The number of rotatable bonds is 6. The standard InChI is InChI=1S/C17H27N3O3/c1-10(2)18-8-12(21)9-23-14-7-11(17(3,4)5)6-13-15(14)20-16(22)19-13/h6-7,10,12,18,21H,8-9H2,1-5H3,(H2,19,20,22). The molecular weight excluding hydrogens is 294 g/mol. The summed E-state index contributed by atoms with van der Waals surface area (Å²) in [4.78, 5) is 17.1. The molecule has 1 heterocycles. The van der Waals surface area contributed by atoms with Crippen molar-refractivity contribution in [2.24, 2.45) is 0 Å². The molecule has 0 aliphatic rings. The number of imidazole rings is 1. The zero-order valence-corrected chi connectivity index (χ0v) is 14.5. The van der Waals surface area contributed by atoms with Crippen LogP contribution in [0.1, 0.15) is 40.2 Å². The third-order valence-corrected chi connectivity index (χ3v) is 3.65. The molecule has 6 nitrogen and oxygen atoms in total. The summed E-state index contributed by atoms with van der Waals surface area (Å²) >= 11 is 0. The normalized spacial score (nSPS) is 13.7. The van der Waals surface area contributed by atoms with E-state index in [2.05, 4.69) is 36.1 Å². The second-order valence-electron chi connectivity index (χ2n) is 7.25. The lowest BCUT2D eigenvalue weighted by molar-refractivity contribution is 0.105. The van der Waals surface area contributed by atoms with Gasteiger partial charge in [-0.3, -0.25) is 0 Å². The number of nitrogens with one attached hydrogen (secondary N) is 3. The Balaban J connectivity index is 2.23. The van der Waals surface area contributed by atoms with Crippen LogP contribution < -0.4 is 15.7 Å². The molecule has 0 aliphatic carbocycles. The summed E-state index contributed by atoms with van der Waals surface area (Å²) in [6, 6.07) is 4.19. The van der Waals surface area contributed by atoms with Gasteiger partial charge < -0.3 is 25.1 Å². The van der Waals surface area contributed by atoms with E-state index in [0.717, 1.165) is 5.56 Å². The third-order valence-electron chi connectivity index (χ3n) is 3.65. The van der Waals surface area contributed by atoms with Gasteiger partial charge in [-0.1, -0.05) is 34.6 Å². The molecular formula is C17H27N3O3. The average Bonchev–Trinajstić information content (AvgIpc) is 2.81. The number of H-pyrrole nitrogens is 2. The smallest absolute Gasteiger partial charge is 0.323 e. The molecule has 6 heteroatoms. The minimum atomic E-state index is -0.614. The zero-order valence-electron chi connectivity index (χ0n) is 14.5. The van der Waals surface area contributed by atoms with Crippen LogP contribution in [-0.4, -0.2) is 40.4 Å². The van der Waals surface area contributed by atoms with Crippen molar-refractivity contribution in [2.45, 2.75) is 52.2 Å². The lowest BCUT2D eigenvalue weighted by Gasteiger charge is -2.21. The van der Waals surface area contributed by atoms with Crippen LogP contribution in [0.25, 0.3) is 11.0 Å². The van der Waals surface area contributed by atoms with Crippen molar-refractivity contribution in [3.8, 4) is 5.75 Å². The molecule has 0 bridgehead atoms. The first-order valence-corrected chi connectivity index (χ1v) is 7.97. The van der Waals surface area contributed by atoms with Gasteiger partial charge in [0.25, 0.3) is 0 Å². The molecule has 1 aromatic carbocycles. The molecule has 2 aromatic rings. The Kier molecular flexibility index (Phi) is 5.16. The number of aliphatic hydroxyl groups is 1. The Bertz CT molecular complexity index is 710. The molecule has 1 atom stereocenters. The van der Waals surface area contributed by atoms with Crippen molar-refractivity contribution in [1.29, 1.82) is 0 Å². The fourth-order valence-electron chi connectivity index (χ4n) is 2.27. The fraction of sp³-hybridized carbons (Fsp3) is 0.588. The molecule has 1 aromatic heterocycles. The van der Waals surface area contributed by atoms with Gasteiger partial charge in [0.2, 0.25) is 0 Å². The van der Waals surface area contributed by atoms with Crippen LogP contribution in [0.15, 0.2) is 16.9 Å². The van der Waals surface area contributed by atoms with E-state index in [1.807, 2.05) is 26.0 Å². The summed E-state index contributed by atoms with van der Waals surface area (Å²) in [5.74, 6) is 0.578. The largest absolute Gasteiger partial charge is 0.489 e. The van der Waals surface area contributed by atoms with E-state index in [1.165, 1.54) is 0 Å². The summed E-state index contributed by atoms with van der Waals surface area (Å²) < 4.78 is 5.78. The maximum atomic E-state index is 11.6. The van der Waals surface area contributed by atoms with Crippen molar-refractivity contribution < 1.29 is 9.84 Å². The Morgan fingerprint density at radius 2 is 1.96 bits per heavy atom. The van der Waals surface area contributed by atoms with Crippen molar-refractivity contribution in [2.75, 3.05) is 13.2 Å². The first kappa shape index (κ1) is 17.6. The molecule has 1 unspecified atom stereocenters. The number of hydrogen-bond acceptors (Lipinski definition) is 4. The molecule has 0 amide bonds. The number of fused-ring (bicyclic) bond motifs is 1. The van der Waals surface area contributed by atoms with E-state index in [0.29, 0.717) is 29.4 Å². The highest BCUT2D eigenvalue weighted by atomic mass is 16.5. The van der Waals surface area contributed by atoms with Crippen molar-refractivity contribution >= 4 is 11.0 Å². The average molecular weight is 321 g/mol. The molecule has 0 saturated carbocycles. The van der Waals surface area contributed by atoms with Gasteiger partial charge in [-0.25, -0.2) is 4.79 Å². The van der Waals surface area contributed by atoms with Crippen LogP contribution in [0.3, 0.4) is 0 Å². The van der Waals surface area contributed by atoms with Crippen LogP contribution in [0.4, 0.5) is 0 Å². The van der Waals surface area contributed by atoms with Crippen LogP contribution in [0, 0.1) is 0 Å². The second-order valence-corrected chi connectivity index (χ2v) is 7.25. The molecule has 0 saturated heterocycles. The molecule has 0 fully saturated rings. The van der Waals surface area contributed by atoms with Gasteiger partial charge >= 0.3 is 5.69 Å². The molecule has 128 valence electrons. The second kappa shape index (κ2) is 6.76. The van der Waals surface area contributed by atoms with Crippen LogP contribution in [0.2, 0.25) is 0 Å². The monoisotopic (exact) mass is 321 g/mol. The topological polar surface area (TPSA) is 90.1 Å². The molecule has 0 radical (unpaired) electrons. The van der Waals surface area contributed by atoms with Crippen molar-refractivity contribution in [3.63, 3.8) is 0 Å². The molecule has 23 heavy (non-hydrogen) atoms. The number of aliphatic hydroxyl groups excluding tert-OH is 1. The predicted molar refractivity (Wildman–Crippen MR) is 92.3 cm³/mol. The Labute approximate surface area is 136 Å². The van der Waals surface area contributed by atoms with E-state index >= 15 is 0 Å². The van der Waals surface area contributed by atoms with E-state index in [9.17, 15) is 9.90 Å². The Morgan fingerprint density at radius 1 is 1.26 bits per heavy atom. The van der Waals surface area contributed by atoms with E-state index in [-0.39, 0.29) is 17.7 Å². The van der Waals surface area contributed by atoms with Gasteiger partial charge in [0.05, 0.1) is 5.52 Å². The van der Waals surface area contributed by atoms with Gasteiger partial charge in [-0.05, 0) is 23.1 Å². The maximum Gasteiger partial charge on any atom is 0.323 e. The number of aromatic amines is 2. The molecule has 2 rings (SSSR count). The molecule has 0 aliphatic heterocycles. The molecule has 0 spiro atoms. The number of hydrogen-bond donors (Lipinski definition) is 4. The van der Waals surface area contributed by atoms with Crippen LogP contribution in [-0.2, 0) is 5.41 Å². The maximum absolute atomic E-state index is 11.6. The van der Waals surface area contributed by atoms with Gasteiger partial charge in [0.1, 0.15) is 24.0 Å². The summed E-state index contributed by atoms with van der Waals surface area (Å²) in [7, 11) is 0. The summed E-state index contributed by atoms with van der Waals surface area (Å²) in [6.07, 6.45) is -0.614. The first-order chi connectivity index (χ1) is 10.7. The molecule has 4 N–H and O–H groups in total. The van der Waals surface area contributed by atoms with Crippen molar-refractivity contribution in [3.05, 3.63) is 28.2 Å². The highest BCUT2D eigenvalue weighted by molar-refractivity contribution is 5.82. The third kappa shape index (κ3) is 4.59. The van der Waals surface area contributed by atoms with Gasteiger partial charge in [-0.15, -0.1) is 0 Å². The minimum absolute atomic E-state index is 0.0712. The fourth-order valence-corrected chi connectivity index (χ4v) is 2.27. The van der Waals surface area contributed by atoms with Crippen molar-refractivity contribution in [1.82, 2.24) is 15.3 Å². The van der Waals surface area contributed by atoms with Gasteiger partial charge in [-0.2, -0.15) is 0 Å². The van der Waals surface area contributed by atoms with Crippen LogP contribution in [0.5, 0.6) is 5.75 Å². The van der Waals surface area contributed by atoms with E-state index in [1.54, 1.807) is 0 Å². The Morgan fingerprint density at radius 3 is 2.57 bits per heavy atom. The minimum Gasteiger partial charge on any atom is -0.489 e. The van der Waals surface area contributed by atoms with Gasteiger partial charge in [0, 0.05) is 12.6 Å². The number of benzene rings is 1. The lowest BCUT2D eigenvalue weighted by Crippen LogP contribution is -2.35. The quantitative estimate of drug-likeness (QED) is 0.654. The SMILES string of the molecule is CC(C)NCC(O)COc1cc(C(C)(C)C)cc2[nH]c(=O)[nH]c12. The summed E-state index contributed by atoms with van der Waals surface area (Å²) in [5.41, 5.74) is 2.07. The summed E-state index contributed by atoms with van der Waals surface area (Å²) in [5, 5.41) is 13.2. The number of aromatic nitrogens is 2. The highest BCUT2D eigenvalue weighted by Gasteiger charge is 2.18. The Hall–Kier alpha value is -1.79. The lowest BCUT2D eigenvalue weighted by atomic mass is 9.86. The zero-order chi connectivity index (χ0) is 17.2. The van der Waals surface area contributed by atoms with Crippen LogP contribution >= 0.6 is 0 Å². The first-order valence-electron chi connectivity index (χ1n) is 7.97.